The molecule has 3 aromatic rings. The maximum atomic E-state index is 2.86. The van der Waals surface area contributed by atoms with E-state index in [2.05, 4.69) is 141 Å². The summed E-state index contributed by atoms with van der Waals surface area (Å²) in [5.74, 6) is 1.26. The molecule has 0 saturated heterocycles. The quantitative estimate of drug-likeness (QED) is 0.0321. The number of halogens is 3. The topological polar surface area (TPSA) is 0 Å². The second kappa shape index (κ2) is 36.0. The van der Waals surface area contributed by atoms with Gasteiger partial charge in [-0.25, -0.2) is 0 Å². The fourth-order valence-electron chi connectivity index (χ4n) is 12.0. The Morgan fingerprint density at radius 2 is 0.632 bits per heavy atom. The average molecular weight is 1040 g/mol. The first kappa shape index (κ1) is 63.1. The van der Waals surface area contributed by atoms with Gasteiger partial charge in [0, 0.05) is 0 Å². The third-order valence-electron chi connectivity index (χ3n) is 15.7. The van der Waals surface area contributed by atoms with Crippen molar-refractivity contribution in [2.45, 2.75) is 250 Å². The van der Waals surface area contributed by atoms with Crippen molar-refractivity contribution in [3.63, 3.8) is 0 Å². The molecule has 0 aliphatic heterocycles. The van der Waals surface area contributed by atoms with Crippen LogP contribution in [0.2, 0.25) is 9.76 Å². The number of hydrogen-bond acceptors (Lipinski definition) is 0. The van der Waals surface area contributed by atoms with Crippen molar-refractivity contribution in [2.75, 3.05) is 0 Å². The minimum absolute atomic E-state index is 0. The molecule has 0 amide bonds. The van der Waals surface area contributed by atoms with E-state index in [1.165, 1.54) is 199 Å². The van der Waals surface area contributed by atoms with Crippen molar-refractivity contribution in [2.24, 2.45) is 11.8 Å². The van der Waals surface area contributed by atoms with E-state index in [1.54, 1.807) is 48.9 Å². The molecule has 4 unspecified atom stereocenters. The number of allylic oxidation sites excluding steroid dienone is 4. The van der Waals surface area contributed by atoms with Gasteiger partial charge < -0.3 is 37.2 Å². The van der Waals surface area contributed by atoms with Crippen LogP contribution < -0.4 is 52.8 Å². The van der Waals surface area contributed by atoms with Crippen molar-refractivity contribution >= 4 is 23.6 Å². The Hall–Kier alpha value is -1.06. The van der Waals surface area contributed by atoms with E-state index in [1.807, 2.05) is 0 Å². The molecular weight excluding hydrogens is 939 g/mol. The Balaban J connectivity index is 0.00000529. The van der Waals surface area contributed by atoms with E-state index in [0.717, 1.165) is 0 Å². The Morgan fingerprint density at radius 1 is 0.368 bits per heavy atom. The Labute approximate surface area is 452 Å². The van der Waals surface area contributed by atoms with Crippen LogP contribution in [0.3, 0.4) is 0 Å². The standard InChI is InChI=1S/C63H97Si.3ClH.Ti/c1-7-13-19-25-33-52-41-53(34-26-20-14-8-2)45-60(44-52)64(63-50-58-39-31-32-40-59(58)51-63,61-46-54(35-27-21-15-9-3)42-55(47-61)36-28-22-16-10-4)62-48-56(37-29-23-17-11-5)43-57(49-62)38-30-24-18-12-6;;;;/h31-32,39-50,58-59,63H,7-30,33-38,51H2,1-6H3;3*1H;/q;;;;+3/p-3. The molecule has 3 aromatic carbocycles. The number of unbranched alkanes of at least 4 members (excludes halogenated alkanes) is 18. The van der Waals surface area contributed by atoms with E-state index in [0.29, 0.717) is 21.6 Å². The SMILES string of the molecule is CCCCCCc1cc(CCCCCC)cc([Si](c2cc(CCCCCC)cc(CCCCCC)c2)(c2cc(CCCCCC)cc(CCCCCC)c2)C2CC3C=CC=CC3[CH]2[Ti+3])c1.[Cl-].[Cl-].[Cl-]. The van der Waals surface area contributed by atoms with Gasteiger partial charge in [0.1, 0.15) is 0 Å². The van der Waals surface area contributed by atoms with E-state index in [4.69, 9.17) is 0 Å². The molecule has 0 heterocycles. The largest absolute Gasteiger partial charge is 1.00 e. The minimum Gasteiger partial charge on any atom is -1.00 e. The van der Waals surface area contributed by atoms with Crippen LogP contribution >= 0.6 is 0 Å². The zero-order chi connectivity index (χ0) is 46.1. The van der Waals surface area contributed by atoms with Gasteiger partial charge in [0.15, 0.2) is 0 Å². The third-order valence-corrected chi connectivity index (χ3v) is 22.7. The Bertz CT molecular complexity index is 1590. The molecule has 378 valence electrons. The molecule has 0 nitrogen and oxygen atoms in total. The molecule has 0 bridgehead atoms. The van der Waals surface area contributed by atoms with Crippen molar-refractivity contribution < 1.29 is 57.7 Å². The molecule has 0 N–H and O–H groups in total. The summed E-state index contributed by atoms with van der Waals surface area (Å²) in [6.45, 7) is 14.2. The second-order valence-electron chi connectivity index (χ2n) is 21.2. The molecule has 0 spiro atoms. The summed E-state index contributed by atoms with van der Waals surface area (Å²) in [5, 5.41) is 5.29. The summed E-state index contributed by atoms with van der Waals surface area (Å²) in [6.07, 6.45) is 50.5. The van der Waals surface area contributed by atoms with Gasteiger partial charge in [-0.3, -0.25) is 0 Å². The van der Waals surface area contributed by atoms with Crippen molar-refractivity contribution in [3.8, 4) is 0 Å². The summed E-state index contributed by atoms with van der Waals surface area (Å²) in [5.41, 5.74) is 10.4. The molecule has 1 fully saturated rings. The summed E-state index contributed by atoms with van der Waals surface area (Å²) in [7, 11) is -2.72. The van der Waals surface area contributed by atoms with E-state index in [9.17, 15) is 0 Å². The summed E-state index contributed by atoms with van der Waals surface area (Å²) >= 11 is 2.71. The first-order valence-corrected chi connectivity index (χ1v) is 31.3. The van der Waals surface area contributed by atoms with E-state index < -0.39 is 8.07 Å². The molecule has 2 aliphatic rings. The monoisotopic (exact) mass is 1030 g/mol. The first-order valence-electron chi connectivity index (χ1n) is 28.4. The Morgan fingerprint density at radius 3 is 0.882 bits per heavy atom. The molecule has 0 aromatic heterocycles. The summed E-state index contributed by atoms with van der Waals surface area (Å²) in [4.78, 5) is 0. The molecule has 0 radical (unpaired) electrons. The minimum atomic E-state index is -2.72. The zero-order valence-corrected chi connectivity index (χ0v) is 49.2. The first-order chi connectivity index (χ1) is 31.9. The number of rotatable bonds is 34. The predicted molar refractivity (Wildman–Crippen MR) is 288 cm³/mol. The smallest absolute Gasteiger partial charge is 1.00 e. The molecular formula is C63H97Cl3SiTi. The van der Waals surface area contributed by atoms with Gasteiger partial charge >= 0.3 is 419 Å². The van der Waals surface area contributed by atoms with Crippen LogP contribution in [0.5, 0.6) is 0 Å². The van der Waals surface area contributed by atoms with Gasteiger partial charge in [0.25, 0.3) is 0 Å². The van der Waals surface area contributed by atoms with Gasteiger partial charge in [-0.15, -0.1) is 0 Å². The predicted octanol–water partition coefficient (Wildman–Crippen LogP) is 8.37. The van der Waals surface area contributed by atoms with E-state index >= 15 is 0 Å². The van der Waals surface area contributed by atoms with Crippen molar-refractivity contribution in [1.29, 1.82) is 0 Å². The number of benzene rings is 3. The van der Waals surface area contributed by atoms with Gasteiger partial charge in [0.2, 0.25) is 0 Å². The Kier molecular flexibility index (Phi) is 33.3. The molecule has 5 rings (SSSR count). The average Bonchev–Trinajstić information content (AvgIpc) is 3.65. The fourth-order valence-corrected chi connectivity index (χ4v) is 20.1. The van der Waals surface area contributed by atoms with Crippen LogP contribution in [-0.4, -0.2) is 8.07 Å². The molecule has 2 aliphatic carbocycles. The maximum Gasteiger partial charge on any atom is -1.00 e. The summed E-state index contributed by atoms with van der Waals surface area (Å²) < 4.78 is 0.622. The number of fused-ring (bicyclic) bond motifs is 1. The third kappa shape index (κ3) is 19.1. The van der Waals surface area contributed by atoms with Crippen LogP contribution in [0.25, 0.3) is 0 Å². The van der Waals surface area contributed by atoms with Crippen LogP contribution in [0.1, 0.15) is 235 Å². The second-order valence-corrected chi connectivity index (χ2v) is 26.3. The normalized spacial score (nSPS) is 17.4. The molecule has 1 saturated carbocycles. The van der Waals surface area contributed by atoms with Crippen molar-refractivity contribution in [3.05, 3.63) is 112 Å². The molecule has 4 atom stereocenters. The maximum absolute atomic E-state index is 2.86. The van der Waals surface area contributed by atoms with Crippen LogP contribution in [0.4, 0.5) is 0 Å². The number of aryl methyl sites for hydroxylation is 6. The molecule has 68 heavy (non-hydrogen) atoms. The molecule has 5 heteroatoms. The van der Waals surface area contributed by atoms with Crippen LogP contribution in [-0.2, 0) is 59.0 Å². The number of hydrogen-bond donors (Lipinski definition) is 0. The van der Waals surface area contributed by atoms with Gasteiger partial charge in [-0.1, -0.05) is 0 Å². The van der Waals surface area contributed by atoms with Crippen molar-refractivity contribution in [1.82, 2.24) is 0 Å². The van der Waals surface area contributed by atoms with Crippen LogP contribution in [0.15, 0.2) is 78.9 Å². The summed E-state index contributed by atoms with van der Waals surface area (Å²) in [6, 6.07) is 25.2. The fraction of sp³-hybridized carbons (Fsp3) is 0.651. The van der Waals surface area contributed by atoms with Gasteiger partial charge in [-0.2, -0.15) is 0 Å². The van der Waals surface area contributed by atoms with Gasteiger partial charge in [0.05, 0.1) is 0 Å². The van der Waals surface area contributed by atoms with Crippen LogP contribution in [0, 0.1) is 11.8 Å². The van der Waals surface area contributed by atoms with E-state index in [-0.39, 0.29) is 37.2 Å². The zero-order valence-electron chi connectivity index (χ0n) is 44.4. The van der Waals surface area contributed by atoms with Gasteiger partial charge in [-0.05, 0) is 0 Å².